The van der Waals surface area contributed by atoms with E-state index in [0.717, 1.165) is 25.7 Å². The summed E-state index contributed by atoms with van der Waals surface area (Å²) in [5, 5.41) is 2.44. The van der Waals surface area contributed by atoms with Gasteiger partial charge in [0, 0.05) is 36.3 Å². The predicted octanol–water partition coefficient (Wildman–Crippen LogP) is 5.66. The van der Waals surface area contributed by atoms with E-state index in [1.807, 2.05) is 19.1 Å². The van der Waals surface area contributed by atoms with Gasteiger partial charge in [0.05, 0.1) is 43.3 Å². The molecule has 276 valence electrons. The van der Waals surface area contributed by atoms with Crippen LogP contribution in [0.3, 0.4) is 0 Å². The Morgan fingerprint density at radius 1 is 1.12 bits per heavy atom. The Morgan fingerprint density at radius 3 is 2.63 bits per heavy atom. The number of esters is 2. The molecular formula is C38H49ClN4O8. The zero-order valence-electron chi connectivity index (χ0n) is 30.4. The number of allylic oxidation sites excluding steroid dienone is 1. The number of aromatic nitrogens is 2. The van der Waals surface area contributed by atoms with Gasteiger partial charge in [0.15, 0.2) is 0 Å². The molecule has 3 aliphatic heterocycles. The normalized spacial score (nSPS) is 30.1. The highest BCUT2D eigenvalue weighted by molar-refractivity contribution is 6.22. The first-order valence-corrected chi connectivity index (χ1v) is 18.5. The SMILES string of the molecule is CCOC(=O)[C@@]12C[C@H]1/C=C\CCCCC[C@H](CC(=O)OC(C)(C)C)C(=O)N1C[C@@]3(CC(Cl)c4c(c(C)nc5ccc(OC)nc45)O3)C[C@H]1C(=O)N2. The van der Waals surface area contributed by atoms with Crippen LogP contribution in [0.25, 0.3) is 11.0 Å². The van der Waals surface area contributed by atoms with E-state index in [4.69, 9.17) is 35.5 Å². The average Bonchev–Trinajstić information content (AvgIpc) is 3.64. The predicted molar refractivity (Wildman–Crippen MR) is 189 cm³/mol. The Labute approximate surface area is 304 Å². The molecule has 2 aromatic heterocycles. The van der Waals surface area contributed by atoms with Crippen LogP contribution >= 0.6 is 11.6 Å². The van der Waals surface area contributed by atoms with E-state index in [1.165, 1.54) is 12.0 Å². The number of halogens is 1. The number of rotatable bonds is 5. The lowest BCUT2D eigenvalue weighted by Gasteiger charge is -2.38. The first kappa shape index (κ1) is 36.8. The third-order valence-electron chi connectivity index (χ3n) is 10.3. The second-order valence-electron chi connectivity index (χ2n) is 15.3. The maximum atomic E-state index is 14.7. The maximum absolute atomic E-state index is 14.7. The van der Waals surface area contributed by atoms with E-state index < -0.39 is 51.9 Å². The first-order valence-electron chi connectivity index (χ1n) is 18.1. The molecule has 6 atom stereocenters. The van der Waals surface area contributed by atoms with Crippen LogP contribution < -0.4 is 14.8 Å². The van der Waals surface area contributed by atoms with Crippen LogP contribution in [0.5, 0.6) is 11.6 Å². The third-order valence-corrected chi connectivity index (χ3v) is 10.7. The molecule has 1 unspecified atom stereocenters. The molecular weight excluding hydrogens is 676 g/mol. The fourth-order valence-corrected chi connectivity index (χ4v) is 8.33. The number of nitrogens with one attached hydrogen (secondary N) is 1. The fraction of sp³-hybridized carbons (Fsp3) is 0.632. The van der Waals surface area contributed by atoms with Crippen LogP contribution in [0.2, 0.25) is 0 Å². The van der Waals surface area contributed by atoms with Crippen molar-refractivity contribution in [2.24, 2.45) is 11.8 Å². The van der Waals surface area contributed by atoms with Crippen molar-refractivity contribution >= 4 is 46.4 Å². The largest absolute Gasteiger partial charge is 0.483 e. The number of pyridine rings is 2. The maximum Gasteiger partial charge on any atom is 0.332 e. The molecule has 1 saturated heterocycles. The van der Waals surface area contributed by atoms with E-state index in [2.05, 4.69) is 16.4 Å². The number of carbonyl (C=O) groups is 4. The van der Waals surface area contributed by atoms with Gasteiger partial charge in [-0.1, -0.05) is 25.0 Å². The van der Waals surface area contributed by atoms with Crippen molar-refractivity contribution in [2.75, 3.05) is 20.3 Å². The molecule has 2 amide bonds. The number of carbonyl (C=O) groups excluding carboxylic acids is 4. The highest BCUT2D eigenvalue weighted by Gasteiger charge is 2.63. The van der Waals surface area contributed by atoms with Gasteiger partial charge in [-0.15, -0.1) is 11.6 Å². The second-order valence-corrected chi connectivity index (χ2v) is 15.9. The number of alkyl halides is 1. The van der Waals surface area contributed by atoms with E-state index >= 15 is 0 Å². The monoisotopic (exact) mass is 724 g/mol. The molecule has 51 heavy (non-hydrogen) atoms. The zero-order valence-corrected chi connectivity index (χ0v) is 31.1. The van der Waals surface area contributed by atoms with Crippen molar-refractivity contribution in [3.05, 3.63) is 35.5 Å². The average molecular weight is 725 g/mol. The number of fused-ring (bicyclic) bond motifs is 5. The van der Waals surface area contributed by atoms with Gasteiger partial charge in [-0.25, -0.2) is 14.8 Å². The summed E-state index contributed by atoms with van der Waals surface area (Å²) in [5.74, 6) is -1.84. The van der Waals surface area contributed by atoms with Crippen molar-refractivity contribution in [3.63, 3.8) is 0 Å². The standard InChI is InChI=1S/C38H49ClN4O8/c1-7-49-35(47)38-18-24(38)14-12-10-8-9-11-13-23(17-29(44)50-36(3,4)5)34(46)43-21-37(20-27(43)33(45)42-38)19-25(39)30-31-26(15-16-28(41-31)48-6)40-22(2)32(30)51-37/h12,14-16,23-25,27H,7-11,13,17-21H2,1-6H3,(H,42,45)/b14-12-/t23-,24-,25?,27+,37-,38-/m1/s1. The topological polar surface area (TPSA) is 146 Å². The quantitative estimate of drug-likeness (QED) is 0.233. The summed E-state index contributed by atoms with van der Waals surface area (Å²) in [6.07, 6.45) is 8.45. The van der Waals surface area contributed by atoms with Gasteiger partial charge in [0.2, 0.25) is 17.7 Å². The van der Waals surface area contributed by atoms with Crippen LogP contribution in [0, 0.1) is 18.8 Å². The summed E-state index contributed by atoms with van der Waals surface area (Å²) in [6.45, 7) is 9.15. The number of hydrogen-bond donors (Lipinski definition) is 1. The summed E-state index contributed by atoms with van der Waals surface area (Å²) >= 11 is 7.21. The first-order chi connectivity index (χ1) is 24.2. The molecule has 4 aliphatic rings. The number of hydrogen-bond acceptors (Lipinski definition) is 10. The van der Waals surface area contributed by atoms with E-state index in [0.29, 0.717) is 46.8 Å². The van der Waals surface area contributed by atoms with Crippen molar-refractivity contribution in [1.29, 1.82) is 0 Å². The van der Waals surface area contributed by atoms with Crippen LogP contribution in [0.1, 0.15) is 102 Å². The van der Waals surface area contributed by atoms with E-state index in [-0.39, 0.29) is 44.2 Å². The molecule has 0 radical (unpaired) electrons. The lowest BCUT2D eigenvalue weighted by atomic mass is 9.87. The highest BCUT2D eigenvalue weighted by atomic mass is 35.5. The van der Waals surface area contributed by atoms with Crippen molar-refractivity contribution in [1.82, 2.24) is 20.2 Å². The number of nitrogens with zero attached hydrogens (tertiary/aromatic N) is 3. The molecule has 13 heteroatoms. The van der Waals surface area contributed by atoms with Crippen LogP contribution in [-0.2, 0) is 28.7 Å². The minimum Gasteiger partial charge on any atom is -0.483 e. The number of methoxy groups -OCH3 is 1. The minimum atomic E-state index is -1.22. The van der Waals surface area contributed by atoms with Gasteiger partial charge >= 0.3 is 11.9 Å². The van der Waals surface area contributed by atoms with Gasteiger partial charge in [-0.05, 0) is 66.4 Å². The van der Waals surface area contributed by atoms with E-state index in [9.17, 15) is 19.2 Å². The molecule has 1 spiro atoms. The van der Waals surface area contributed by atoms with Gasteiger partial charge in [-0.3, -0.25) is 14.4 Å². The van der Waals surface area contributed by atoms with Crippen LogP contribution in [-0.4, -0.2) is 81.7 Å². The van der Waals surface area contributed by atoms with Crippen LogP contribution in [0.15, 0.2) is 24.3 Å². The molecule has 0 aromatic carbocycles. The zero-order chi connectivity index (χ0) is 36.7. The Balaban J connectivity index is 1.38. The van der Waals surface area contributed by atoms with Crippen molar-refractivity contribution in [3.8, 4) is 11.6 Å². The molecule has 1 N–H and O–H groups in total. The molecule has 0 bridgehead atoms. The summed E-state index contributed by atoms with van der Waals surface area (Å²) < 4.78 is 23.3. The van der Waals surface area contributed by atoms with E-state index in [1.54, 1.807) is 33.8 Å². The molecule has 12 nitrogen and oxygen atoms in total. The Morgan fingerprint density at radius 2 is 1.90 bits per heavy atom. The van der Waals surface area contributed by atoms with Crippen molar-refractivity contribution in [2.45, 2.75) is 121 Å². The Kier molecular flexibility index (Phi) is 10.3. The van der Waals surface area contributed by atoms with Gasteiger partial charge in [0.25, 0.3) is 0 Å². The molecule has 6 rings (SSSR count). The summed E-state index contributed by atoms with van der Waals surface area (Å²) in [4.78, 5) is 66.6. The fourth-order valence-electron chi connectivity index (χ4n) is 7.85. The number of ether oxygens (including phenoxy) is 4. The second kappa shape index (κ2) is 14.2. The van der Waals surface area contributed by atoms with Gasteiger partial charge in [0.1, 0.15) is 34.0 Å². The molecule has 5 heterocycles. The number of amides is 2. The molecule has 1 aliphatic carbocycles. The highest BCUT2D eigenvalue weighted by Crippen LogP contribution is 2.52. The van der Waals surface area contributed by atoms with Gasteiger partial charge in [-0.2, -0.15) is 0 Å². The molecule has 2 fully saturated rings. The number of aryl methyl sites for hydroxylation is 1. The summed E-state index contributed by atoms with van der Waals surface area (Å²) in [7, 11) is 1.54. The minimum absolute atomic E-state index is 0.0517. The summed E-state index contributed by atoms with van der Waals surface area (Å²) in [6, 6.07) is 2.55. The van der Waals surface area contributed by atoms with Gasteiger partial charge < -0.3 is 29.2 Å². The molecule has 2 aromatic rings. The third kappa shape index (κ3) is 7.52. The van der Waals surface area contributed by atoms with Crippen molar-refractivity contribution < 1.29 is 38.1 Å². The Hall–Kier alpha value is -3.93. The lowest BCUT2D eigenvalue weighted by Crippen LogP contribution is -2.54. The van der Waals surface area contributed by atoms with Crippen LogP contribution in [0.4, 0.5) is 0 Å². The molecule has 1 saturated carbocycles. The Bertz CT molecular complexity index is 1740. The smallest absolute Gasteiger partial charge is 0.332 e. The summed E-state index contributed by atoms with van der Waals surface area (Å²) in [5.41, 5.74) is -0.503. The lowest BCUT2D eigenvalue weighted by molar-refractivity contribution is -0.159.